The van der Waals surface area contributed by atoms with Crippen molar-refractivity contribution in [3.8, 4) is 11.8 Å². The number of nitrogens with one attached hydrogen (secondary N) is 1. The quantitative estimate of drug-likeness (QED) is 0.831. The van der Waals surface area contributed by atoms with Crippen LogP contribution in [0.25, 0.3) is 0 Å². The summed E-state index contributed by atoms with van der Waals surface area (Å²) < 4.78 is 0. The van der Waals surface area contributed by atoms with E-state index >= 15 is 0 Å². The third-order valence-electron chi connectivity index (χ3n) is 2.79. The van der Waals surface area contributed by atoms with Gasteiger partial charge in [0.25, 0.3) is 0 Å². The lowest BCUT2D eigenvalue weighted by Crippen LogP contribution is -2.20. The lowest BCUT2D eigenvalue weighted by atomic mass is 9.92. The van der Waals surface area contributed by atoms with Gasteiger partial charge in [-0.2, -0.15) is 0 Å². The van der Waals surface area contributed by atoms with Crippen LogP contribution in [0.5, 0.6) is 0 Å². The Morgan fingerprint density at radius 2 is 2.05 bits per heavy atom. The Bertz CT molecular complexity index is 530. The number of hydrogen-bond acceptors (Lipinski definition) is 2. The lowest BCUT2D eigenvalue weighted by molar-refractivity contribution is -0.117. The minimum Gasteiger partial charge on any atom is -0.326 e. The first kappa shape index (κ1) is 16.3. The van der Waals surface area contributed by atoms with E-state index < -0.39 is 0 Å². The molecule has 1 aromatic rings. The monoisotopic (exact) mass is 272 g/mol. The highest BCUT2D eigenvalue weighted by Crippen LogP contribution is 2.22. The number of nitrogens with two attached hydrogens (primary N) is 1. The van der Waals surface area contributed by atoms with Crippen LogP contribution in [-0.4, -0.2) is 12.5 Å². The summed E-state index contributed by atoms with van der Waals surface area (Å²) in [4.78, 5) is 12.0. The van der Waals surface area contributed by atoms with Crippen molar-refractivity contribution in [3.05, 3.63) is 29.3 Å². The van der Waals surface area contributed by atoms with Crippen molar-refractivity contribution in [2.24, 2.45) is 11.1 Å². The average molecular weight is 272 g/mol. The molecule has 0 saturated carbocycles. The summed E-state index contributed by atoms with van der Waals surface area (Å²) in [7, 11) is 0. The van der Waals surface area contributed by atoms with Crippen LogP contribution in [0.1, 0.15) is 45.2 Å². The van der Waals surface area contributed by atoms with Crippen molar-refractivity contribution in [1.29, 1.82) is 0 Å². The number of carbonyl (C=O) groups is 1. The van der Waals surface area contributed by atoms with E-state index in [-0.39, 0.29) is 11.3 Å². The van der Waals surface area contributed by atoms with Crippen molar-refractivity contribution in [3.63, 3.8) is 0 Å². The van der Waals surface area contributed by atoms with Crippen molar-refractivity contribution in [2.75, 3.05) is 11.9 Å². The normalized spacial score (nSPS) is 10.7. The fraction of sp³-hybridized carbons (Fsp3) is 0.471. The number of aryl methyl sites for hydroxylation is 1. The van der Waals surface area contributed by atoms with Gasteiger partial charge >= 0.3 is 0 Å². The number of rotatable bonds is 3. The second kappa shape index (κ2) is 7.12. The molecule has 0 spiro atoms. The molecule has 1 aromatic carbocycles. The summed E-state index contributed by atoms with van der Waals surface area (Å²) in [5.41, 5.74) is 8.26. The predicted octanol–water partition coefficient (Wildman–Crippen LogP) is 2.93. The van der Waals surface area contributed by atoms with Gasteiger partial charge in [-0.3, -0.25) is 4.79 Å². The van der Waals surface area contributed by atoms with Crippen LogP contribution in [0.3, 0.4) is 0 Å². The van der Waals surface area contributed by atoms with E-state index in [2.05, 4.69) is 44.9 Å². The van der Waals surface area contributed by atoms with Crippen LogP contribution in [0.15, 0.2) is 18.2 Å². The van der Waals surface area contributed by atoms with Gasteiger partial charge in [-0.25, -0.2) is 0 Å². The molecular weight excluding hydrogens is 248 g/mol. The number of carbonyl (C=O) groups excluding carboxylic acids is 1. The largest absolute Gasteiger partial charge is 0.326 e. The molecular formula is C17H24N2O. The molecule has 0 fully saturated rings. The number of amides is 1. The van der Waals surface area contributed by atoms with E-state index in [9.17, 15) is 4.79 Å². The van der Waals surface area contributed by atoms with Gasteiger partial charge in [0.1, 0.15) is 0 Å². The SMILES string of the molecule is CCc1cc(C#CCN)ccc1NC(=O)CC(C)(C)C. The van der Waals surface area contributed by atoms with Gasteiger partial charge in [-0.15, -0.1) is 0 Å². The summed E-state index contributed by atoms with van der Waals surface area (Å²) in [5.74, 6) is 5.90. The average Bonchev–Trinajstić information content (AvgIpc) is 2.35. The van der Waals surface area contributed by atoms with Gasteiger partial charge in [0.2, 0.25) is 5.91 Å². The van der Waals surface area contributed by atoms with Crippen LogP contribution in [0.2, 0.25) is 0 Å². The van der Waals surface area contributed by atoms with Gasteiger partial charge in [-0.1, -0.05) is 39.5 Å². The van der Waals surface area contributed by atoms with E-state index in [0.29, 0.717) is 13.0 Å². The molecule has 3 heteroatoms. The molecule has 108 valence electrons. The van der Waals surface area contributed by atoms with E-state index in [0.717, 1.165) is 23.2 Å². The van der Waals surface area contributed by atoms with Crippen LogP contribution < -0.4 is 11.1 Å². The first-order valence-electron chi connectivity index (χ1n) is 6.97. The fourth-order valence-electron chi connectivity index (χ4n) is 1.92. The molecule has 0 saturated heterocycles. The Kier molecular flexibility index (Phi) is 5.79. The Morgan fingerprint density at radius 1 is 1.35 bits per heavy atom. The highest BCUT2D eigenvalue weighted by Gasteiger charge is 2.16. The predicted molar refractivity (Wildman–Crippen MR) is 84.5 cm³/mol. The second-order valence-electron chi connectivity index (χ2n) is 6.02. The lowest BCUT2D eigenvalue weighted by Gasteiger charge is -2.18. The van der Waals surface area contributed by atoms with Crippen molar-refractivity contribution in [2.45, 2.75) is 40.5 Å². The Labute approximate surface area is 121 Å². The van der Waals surface area contributed by atoms with Gasteiger partial charge in [0.05, 0.1) is 6.54 Å². The molecule has 1 amide bonds. The van der Waals surface area contributed by atoms with Crippen LogP contribution >= 0.6 is 0 Å². The summed E-state index contributed by atoms with van der Waals surface area (Å²) in [5, 5.41) is 2.99. The zero-order chi connectivity index (χ0) is 15.2. The topological polar surface area (TPSA) is 55.1 Å². The molecule has 0 heterocycles. The third-order valence-corrected chi connectivity index (χ3v) is 2.79. The summed E-state index contributed by atoms with van der Waals surface area (Å²) in [6.45, 7) is 8.58. The Morgan fingerprint density at radius 3 is 2.60 bits per heavy atom. The van der Waals surface area contributed by atoms with E-state index in [1.165, 1.54) is 0 Å². The smallest absolute Gasteiger partial charge is 0.224 e. The summed E-state index contributed by atoms with van der Waals surface area (Å²) >= 11 is 0. The van der Waals surface area contributed by atoms with Gasteiger partial charge in [0, 0.05) is 17.7 Å². The van der Waals surface area contributed by atoms with Crippen molar-refractivity contribution in [1.82, 2.24) is 0 Å². The fourth-order valence-corrected chi connectivity index (χ4v) is 1.92. The maximum atomic E-state index is 12.0. The van der Waals surface area contributed by atoms with Gasteiger partial charge in [0.15, 0.2) is 0 Å². The molecule has 3 nitrogen and oxygen atoms in total. The van der Waals surface area contributed by atoms with Crippen LogP contribution in [0.4, 0.5) is 5.69 Å². The molecule has 0 bridgehead atoms. The van der Waals surface area contributed by atoms with E-state index in [1.54, 1.807) is 0 Å². The van der Waals surface area contributed by atoms with Crippen LogP contribution in [-0.2, 0) is 11.2 Å². The zero-order valence-electron chi connectivity index (χ0n) is 12.8. The van der Waals surface area contributed by atoms with Crippen molar-refractivity contribution >= 4 is 11.6 Å². The third kappa shape index (κ3) is 5.46. The van der Waals surface area contributed by atoms with Crippen LogP contribution in [0, 0.1) is 17.3 Å². The Balaban J connectivity index is 2.88. The maximum absolute atomic E-state index is 12.0. The first-order valence-corrected chi connectivity index (χ1v) is 6.97. The summed E-state index contributed by atoms with van der Waals surface area (Å²) in [6.07, 6.45) is 1.36. The zero-order valence-corrected chi connectivity index (χ0v) is 12.8. The van der Waals surface area contributed by atoms with Gasteiger partial charge < -0.3 is 11.1 Å². The molecule has 20 heavy (non-hydrogen) atoms. The molecule has 0 atom stereocenters. The minimum atomic E-state index is -0.0109. The van der Waals surface area contributed by atoms with E-state index in [1.807, 2.05) is 18.2 Å². The summed E-state index contributed by atoms with van der Waals surface area (Å²) in [6, 6.07) is 5.84. The molecule has 0 aliphatic carbocycles. The molecule has 1 rings (SSSR count). The Hall–Kier alpha value is -1.79. The molecule has 0 radical (unpaired) electrons. The molecule has 0 unspecified atom stereocenters. The minimum absolute atomic E-state index is 0.0109. The second-order valence-corrected chi connectivity index (χ2v) is 6.02. The first-order chi connectivity index (χ1) is 9.35. The number of anilines is 1. The van der Waals surface area contributed by atoms with Gasteiger partial charge in [-0.05, 0) is 35.6 Å². The molecule has 0 aromatic heterocycles. The van der Waals surface area contributed by atoms with Crippen molar-refractivity contribution < 1.29 is 4.79 Å². The number of hydrogen-bond donors (Lipinski definition) is 2. The highest BCUT2D eigenvalue weighted by molar-refractivity contribution is 5.92. The maximum Gasteiger partial charge on any atom is 0.224 e. The molecule has 0 aliphatic rings. The number of benzene rings is 1. The standard InChI is InChI=1S/C17H24N2O/c1-5-14-11-13(7-6-10-18)8-9-15(14)19-16(20)12-17(2,3)4/h8-9,11H,5,10,12,18H2,1-4H3,(H,19,20). The highest BCUT2D eigenvalue weighted by atomic mass is 16.1. The van der Waals surface area contributed by atoms with E-state index in [4.69, 9.17) is 5.73 Å². The molecule has 3 N–H and O–H groups in total. The molecule has 0 aliphatic heterocycles.